The van der Waals surface area contributed by atoms with E-state index >= 15 is 0 Å². The van der Waals surface area contributed by atoms with Crippen molar-refractivity contribution in [2.24, 2.45) is 5.73 Å². The van der Waals surface area contributed by atoms with Gasteiger partial charge in [0.2, 0.25) is 5.75 Å². The van der Waals surface area contributed by atoms with Crippen LogP contribution in [0.5, 0.6) is 17.2 Å². The molecule has 0 bridgehead atoms. The van der Waals surface area contributed by atoms with Gasteiger partial charge >= 0.3 is 0 Å². The van der Waals surface area contributed by atoms with Crippen molar-refractivity contribution in [1.29, 1.82) is 0 Å². The number of methoxy groups -OCH3 is 3. The minimum absolute atomic E-state index is 0.0374. The molecule has 0 aliphatic carbocycles. The van der Waals surface area contributed by atoms with E-state index in [1.807, 2.05) is 36.0 Å². The van der Waals surface area contributed by atoms with Gasteiger partial charge in [0.25, 0.3) is 0 Å². The smallest absolute Gasteiger partial charge is 0.203 e. The lowest BCUT2D eigenvalue weighted by Gasteiger charge is -2.26. The van der Waals surface area contributed by atoms with Gasteiger partial charge in [-0.2, -0.15) is 5.10 Å². The molecule has 10 heteroatoms. The van der Waals surface area contributed by atoms with Crippen molar-refractivity contribution in [2.75, 3.05) is 67.1 Å². The molecule has 1 fully saturated rings. The standard InChI is InChI=1S/C35H50ClN5O4/c1-25(2)27-20-31(36)30-24-38-41(32(30)21-27)16-7-10-29(11-17-40-15-9-14-39(18-19-40)13-8-12-37)45-26(3)28-22-33(42-4)35(44-6)34(23-28)43-5/h20-24,29H,1,3,7-19,37H2,2,4-6H3. The van der Waals surface area contributed by atoms with Crippen LogP contribution in [0, 0.1) is 0 Å². The summed E-state index contributed by atoms with van der Waals surface area (Å²) in [6.45, 7) is 18.3. The molecule has 2 N–H and O–H groups in total. The molecule has 2 aromatic carbocycles. The number of nitrogens with zero attached hydrogens (tertiary/aromatic N) is 4. The minimum Gasteiger partial charge on any atom is -0.493 e. The first-order valence-electron chi connectivity index (χ1n) is 15.9. The number of benzene rings is 2. The number of aryl methyl sites for hydroxylation is 1. The van der Waals surface area contributed by atoms with Crippen LogP contribution in [0.2, 0.25) is 5.02 Å². The molecule has 246 valence electrons. The third-order valence-corrected chi connectivity index (χ3v) is 8.84. The largest absolute Gasteiger partial charge is 0.493 e. The molecule has 0 saturated carbocycles. The predicted molar refractivity (Wildman–Crippen MR) is 184 cm³/mol. The van der Waals surface area contributed by atoms with Crippen LogP contribution in [0.1, 0.15) is 50.2 Å². The molecular weight excluding hydrogens is 590 g/mol. The highest BCUT2D eigenvalue weighted by Gasteiger charge is 2.21. The number of hydrogen-bond donors (Lipinski definition) is 1. The monoisotopic (exact) mass is 639 g/mol. The summed E-state index contributed by atoms with van der Waals surface area (Å²) in [5, 5.41) is 6.30. The Hall–Kier alpha value is -3.24. The molecule has 1 aliphatic rings. The summed E-state index contributed by atoms with van der Waals surface area (Å²) in [7, 11) is 4.81. The average molecular weight is 640 g/mol. The Labute approximate surface area is 273 Å². The molecule has 2 heterocycles. The summed E-state index contributed by atoms with van der Waals surface area (Å²) < 4.78 is 25.3. The highest BCUT2D eigenvalue weighted by Crippen LogP contribution is 2.40. The molecule has 1 unspecified atom stereocenters. The molecule has 0 radical (unpaired) electrons. The summed E-state index contributed by atoms with van der Waals surface area (Å²) in [6, 6.07) is 7.83. The van der Waals surface area contributed by atoms with Crippen molar-refractivity contribution in [3.63, 3.8) is 0 Å². The number of nitrogens with two attached hydrogens (primary N) is 1. The van der Waals surface area contributed by atoms with Crippen LogP contribution in [0.3, 0.4) is 0 Å². The van der Waals surface area contributed by atoms with Gasteiger partial charge < -0.3 is 34.5 Å². The molecule has 1 atom stereocenters. The van der Waals surface area contributed by atoms with E-state index in [4.69, 9.17) is 36.3 Å². The predicted octanol–water partition coefficient (Wildman–Crippen LogP) is 6.33. The van der Waals surface area contributed by atoms with Crippen LogP contribution in [0.25, 0.3) is 22.2 Å². The molecule has 0 amide bonds. The first kappa shape index (κ1) is 34.6. The summed E-state index contributed by atoms with van der Waals surface area (Å²) in [6.07, 6.45) is 6.62. The fraction of sp³-hybridized carbons (Fsp3) is 0.514. The van der Waals surface area contributed by atoms with Crippen molar-refractivity contribution in [1.82, 2.24) is 19.6 Å². The van der Waals surface area contributed by atoms with Crippen LogP contribution < -0.4 is 19.9 Å². The van der Waals surface area contributed by atoms with E-state index in [1.54, 1.807) is 21.3 Å². The van der Waals surface area contributed by atoms with Gasteiger partial charge in [0.05, 0.1) is 44.2 Å². The molecular formula is C35H50ClN5O4. The van der Waals surface area contributed by atoms with Gasteiger partial charge in [-0.25, -0.2) is 0 Å². The zero-order chi connectivity index (χ0) is 32.3. The van der Waals surface area contributed by atoms with E-state index in [2.05, 4.69) is 34.1 Å². The third kappa shape index (κ3) is 9.16. The Bertz CT molecular complexity index is 1420. The Morgan fingerprint density at radius 2 is 1.58 bits per heavy atom. The van der Waals surface area contributed by atoms with Crippen molar-refractivity contribution in [2.45, 2.75) is 51.7 Å². The van der Waals surface area contributed by atoms with Crippen molar-refractivity contribution in [3.05, 3.63) is 59.8 Å². The topological polar surface area (TPSA) is 87.2 Å². The van der Waals surface area contributed by atoms with Crippen LogP contribution in [0.4, 0.5) is 0 Å². The van der Waals surface area contributed by atoms with Crippen molar-refractivity contribution in [3.8, 4) is 17.2 Å². The zero-order valence-electron chi connectivity index (χ0n) is 27.4. The third-order valence-electron chi connectivity index (χ3n) is 8.52. The number of ether oxygens (including phenoxy) is 4. The Morgan fingerprint density at radius 3 is 2.20 bits per heavy atom. The summed E-state index contributed by atoms with van der Waals surface area (Å²) in [4.78, 5) is 5.09. The molecule has 45 heavy (non-hydrogen) atoms. The van der Waals surface area contributed by atoms with Gasteiger partial charge in [0, 0.05) is 37.1 Å². The molecule has 4 rings (SSSR count). The number of hydrogen-bond acceptors (Lipinski definition) is 8. The average Bonchev–Trinajstić information content (AvgIpc) is 3.31. The second-order valence-electron chi connectivity index (χ2n) is 11.7. The second kappa shape index (κ2) is 16.9. The quantitative estimate of drug-likeness (QED) is 0.172. The van der Waals surface area contributed by atoms with E-state index < -0.39 is 0 Å². The lowest BCUT2D eigenvalue weighted by atomic mass is 10.1. The Morgan fingerprint density at radius 1 is 0.889 bits per heavy atom. The molecule has 3 aromatic rings. The van der Waals surface area contributed by atoms with E-state index in [1.165, 1.54) is 0 Å². The van der Waals surface area contributed by atoms with Crippen molar-refractivity contribution < 1.29 is 18.9 Å². The second-order valence-corrected chi connectivity index (χ2v) is 12.1. The number of rotatable bonds is 17. The maximum Gasteiger partial charge on any atom is 0.203 e. The van der Waals surface area contributed by atoms with Crippen LogP contribution in [-0.2, 0) is 11.3 Å². The van der Waals surface area contributed by atoms with Crippen LogP contribution in [0.15, 0.2) is 43.6 Å². The first-order chi connectivity index (χ1) is 21.8. The van der Waals surface area contributed by atoms with E-state index in [9.17, 15) is 0 Å². The minimum atomic E-state index is -0.0374. The molecule has 9 nitrogen and oxygen atoms in total. The summed E-state index contributed by atoms with van der Waals surface area (Å²) >= 11 is 6.58. The SMILES string of the molecule is C=C(C)c1cc(Cl)c2cnn(CCCC(CCN3CCCN(CCCN)CC3)OC(=C)c3cc(OC)c(OC)c(OC)c3)c2c1. The number of fused-ring (bicyclic) bond motifs is 1. The molecule has 1 aromatic heterocycles. The summed E-state index contributed by atoms with van der Waals surface area (Å²) in [5.74, 6) is 2.24. The lowest BCUT2D eigenvalue weighted by molar-refractivity contribution is 0.125. The van der Waals surface area contributed by atoms with Gasteiger partial charge in [-0.05, 0) is 95.0 Å². The highest BCUT2D eigenvalue weighted by atomic mass is 35.5. The van der Waals surface area contributed by atoms with Gasteiger partial charge in [-0.15, -0.1) is 0 Å². The van der Waals surface area contributed by atoms with Gasteiger partial charge in [0.15, 0.2) is 11.5 Å². The first-order valence-corrected chi connectivity index (χ1v) is 16.3. The van der Waals surface area contributed by atoms with E-state index in [-0.39, 0.29) is 6.10 Å². The molecule has 0 spiro atoms. The fourth-order valence-electron chi connectivity index (χ4n) is 5.91. The number of allylic oxidation sites excluding steroid dienone is 1. The van der Waals surface area contributed by atoms with Crippen LogP contribution in [-0.4, -0.2) is 92.8 Å². The van der Waals surface area contributed by atoms with Gasteiger partial charge in [-0.3, -0.25) is 4.68 Å². The van der Waals surface area contributed by atoms with Gasteiger partial charge in [0.1, 0.15) is 5.76 Å². The Kier molecular flexibility index (Phi) is 13.0. The highest BCUT2D eigenvalue weighted by molar-refractivity contribution is 6.35. The Balaban J connectivity index is 1.47. The summed E-state index contributed by atoms with van der Waals surface area (Å²) in [5.41, 5.74) is 9.56. The normalized spacial score (nSPS) is 15.1. The van der Waals surface area contributed by atoms with Crippen LogP contribution >= 0.6 is 11.6 Å². The fourth-order valence-corrected chi connectivity index (χ4v) is 6.18. The number of aromatic nitrogens is 2. The maximum atomic E-state index is 6.62. The van der Waals surface area contributed by atoms with E-state index in [0.29, 0.717) is 28.0 Å². The number of halogens is 1. The lowest BCUT2D eigenvalue weighted by Crippen LogP contribution is -2.33. The zero-order valence-corrected chi connectivity index (χ0v) is 28.2. The molecule has 1 saturated heterocycles. The van der Waals surface area contributed by atoms with Gasteiger partial charge in [-0.1, -0.05) is 30.3 Å². The molecule has 1 aliphatic heterocycles. The van der Waals surface area contributed by atoms with E-state index in [0.717, 1.165) is 112 Å². The maximum absolute atomic E-state index is 6.62. The van der Waals surface area contributed by atoms with Crippen molar-refractivity contribution >= 4 is 33.8 Å².